The van der Waals surface area contributed by atoms with Crippen LogP contribution in [0.3, 0.4) is 0 Å². The SMILES string of the molecule is CCC(C)C(=O)O.CCOC(=O)Cl. The van der Waals surface area contributed by atoms with Crippen LogP contribution in [-0.2, 0) is 9.53 Å². The average molecular weight is 211 g/mol. The smallest absolute Gasteiger partial charge is 0.403 e. The third-order valence-corrected chi connectivity index (χ3v) is 1.40. The minimum Gasteiger partial charge on any atom is -0.481 e. The predicted molar refractivity (Wildman–Crippen MR) is 50.0 cm³/mol. The molecule has 0 aromatic carbocycles. The van der Waals surface area contributed by atoms with Crippen molar-refractivity contribution >= 4 is 23.0 Å². The van der Waals surface area contributed by atoms with E-state index in [2.05, 4.69) is 4.74 Å². The number of rotatable bonds is 3. The number of ether oxygens (including phenoxy) is 1. The Morgan fingerprint density at radius 2 is 1.92 bits per heavy atom. The molecule has 13 heavy (non-hydrogen) atoms. The molecule has 0 aliphatic carbocycles. The van der Waals surface area contributed by atoms with Gasteiger partial charge < -0.3 is 9.84 Å². The van der Waals surface area contributed by atoms with Crippen molar-refractivity contribution in [1.82, 2.24) is 0 Å². The minimum atomic E-state index is -0.738. The molecule has 1 unspecified atom stereocenters. The zero-order chi connectivity index (χ0) is 10.9. The van der Waals surface area contributed by atoms with Crippen LogP contribution in [0.25, 0.3) is 0 Å². The Bertz CT molecular complexity index is 158. The number of carbonyl (C=O) groups is 2. The van der Waals surface area contributed by atoms with Crippen molar-refractivity contribution in [3.8, 4) is 0 Å². The second kappa shape index (κ2) is 9.32. The van der Waals surface area contributed by atoms with E-state index in [1.54, 1.807) is 13.8 Å². The Hall–Kier alpha value is -0.770. The fourth-order valence-electron chi connectivity index (χ4n) is 0.288. The lowest BCUT2D eigenvalue weighted by Gasteiger charge is -1.96. The summed E-state index contributed by atoms with van der Waals surface area (Å²) in [7, 11) is 0. The lowest BCUT2D eigenvalue weighted by Crippen LogP contribution is -2.06. The van der Waals surface area contributed by atoms with Gasteiger partial charge in [0.05, 0.1) is 12.5 Å². The second-order valence-corrected chi connectivity index (χ2v) is 2.63. The Morgan fingerprint density at radius 3 is 1.92 bits per heavy atom. The van der Waals surface area contributed by atoms with Gasteiger partial charge in [-0.15, -0.1) is 0 Å². The monoisotopic (exact) mass is 210 g/mol. The molecule has 0 aromatic heterocycles. The second-order valence-electron chi connectivity index (χ2n) is 2.32. The van der Waals surface area contributed by atoms with E-state index in [9.17, 15) is 9.59 Å². The molecule has 0 bridgehead atoms. The number of hydrogen-bond donors (Lipinski definition) is 1. The van der Waals surface area contributed by atoms with Crippen molar-refractivity contribution in [1.29, 1.82) is 0 Å². The molecule has 0 saturated heterocycles. The molecule has 0 fully saturated rings. The molecule has 0 aromatic rings. The number of carbonyl (C=O) groups excluding carboxylic acids is 1. The highest BCUT2D eigenvalue weighted by Crippen LogP contribution is 1.97. The maximum Gasteiger partial charge on any atom is 0.403 e. The van der Waals surface area contributed by atoms with Gasteiger partial charge in [0.15, 0.2) is 0 Å². The van der Waals surface area contributed by atoms with E-state index in [-0.39, 0.29) is 5.92 Å². The van der Waals surface area contributed by atoms with E-state index in [4.69, 9.17) is 16.7 Å². The molecule has 0 heterocycles. The van der Waals surface area contributed by atoms with Crippen LogP contribution in [0.15, 0.2) is 0 Å². The highest BCUT2D eigenvalue weighted by molar-refractivity contribution is 6.61. The molecular formula is C8H15ClO4. The van der Waals surface area contributed by atoms with Crippen LogP contribution in [0, 0.1) is 5.92 Å². The van der Waals surface area contributed by atoms with Gasteiger partial charge in [0.25, 0.3) is 0 Å². The quantitative estimate of drug-likeness (QED) is 0.727. The topological polar surface area (TPSA) is 63.6 Å². The van der Waals surface area contributed by atoms with Gasteiger partial charge in [0.2, 0.25) is 0 Å². The van der Waals surface area contributed by atoms with E-state index in [0.717, 1.165) is 6.42 Å². The fourth-order valence-corrected chi connectivity index (χ4v) is 0.397. The van der Waals surface area contributed by atoms with Crippen LogP contribution in [0.2, 0.25) is 0 Å². The third-order valence-electron chi connectivity index (χ3n) is 1.29. The minimum absolute atomic E-state index is 0.181. The Kier molecular flexibility index (Phi) is 10.6. The first-order valence-corrected chi connectivity index (χ1v) is 4.38. The average Bonchev–Trinajstić information content (AvgIpc) is 2.03. The van der Waals surface area contributed by atoms with Crippen LogP contribution in [0.4, 0.5) is 4.79 Å². The molecule has 0 aliphatic heterocycles. The summed E-state index contributed by atoms with van der Waals surface area (Å²) in [5.41, 5.74) is -0.738. The summed E-state index contributed by atoms with van der Waals surface area (Å²) in [6.07, 6.45) is 0.718. The fraction of sp³-hybridized carbons (Fsp3) is 0.750. The van der Waals surface area contributed by atoms with Gasteiger partial charge in [-0.25, -0.2) is 4.79 Å². The van der Waals surface area contributed by atoms with Crippen molar-refractivity contribution in [2.24, 2.45) is 5.92 Å². The molecule has 1 atom stereocenters. The first-order chi connectivity index (χ1) is 5.95. The van der Waals surface area contributed by atoms with Crippen molar-refractivity contribution < 1.29 is 19.4 Å². The van der Waals surface area contributed by atoms with Crippen molar-refractivity contribution in [2.45, 2.75) is 27.2 Å². The summed E-state index contributed by atoms with van der Waals surface area (Å²) < 4.78 is 4.17. The van der Waals surface area contributed by atoms with E-state index in [1.165, 1.54) is 0 Å². The molecule has 78 valence electrons. The Labute approximate surface area is 82.8 Å². The van der Waals surface area contributed by atoms with Crippen LogP contribution < -0.4 is 0 Å². The number of hydrogen-bond acceptors (Lipinski definition) is 3. The number of aliphatic carboxylic acids is 1. The molecule has 4 nitrogen and oxygen atoms in total. The first kappa shape index (κ1) is 14.7. The molecule has 5 heteroatoms. The van der Waals surface area contributed by atoms with Gasteiger partial charge in [-0.3, -0.25) is 4.79 Å². The molecule has 0 radical (unpaired) electrons. The van der Waals surface area contributed by atoms with Crippen LogP contribution in [-0.4, -0.2) is 23.1 Å². The molecule has 1 N–H and O–H groups in total. The lowest BCUT2D eigenvalue weighted by atomic mass is 10.1. The number of halogens is 1. The largest absolute Gasteiger partial charge is 0.481 e. The zero-order valence-electron chi connectivity index (χ0n) is 8.04. The van der Waals surface area contributed by atoms with E-state index in [0.29, 0.717) is 6.61 Å². The lowest BCUT2D eigenvalue weighted by molar-refractivity contribution is -0.141. The van der Waals surface area contributed by atoms with Crippen molar-refractivity contribution in [2.75, 3.05) is 6.61 Å². The molecule has 0 aliphatic rings. The third kappa shape index (κ3) is 14.1. The van der Waals surface area contributed by atoms with E-state index in [1.807, 2.05) is 6.92 Å². The molecule has 0 amide bonds. The maximum atomic E-state index is 9.93. The maximum absolute atomic E-state index is 9.93. The van der Waals surface area contributed by atoms with E-state index >= 15 is 0 Å². The Balaban J connectivity index is 0. The molecule has 0 rings (SSSR count). The standard InChI is InChI=1S/C5H10O2.C3H5ClO2/c1-3-4(2)5(6)7;1-2-6-3(4)5/h4H,3H2,1-2H3,(H,6,7);2H2,1H3. The van der Waals surface area contributed by atoms with Crippen LogP contribution in [0.5, 0.6) is 0 Å². The highest BCUT2D eigenvalue weighted by atomic mass is 35.5. The summed E-state index contributed by atoms with van der Waals surface area (Å²) >= 11 is 4.72. The number of carboxylic acids is 1. The van der Waals surface area contributed by atoms with Crippen molar-refractivity contribution in [3.63, 3.8) is 0 Å². The van der Waals surface area contributed by atoms with Gasteiger partial charge in [-0.2, -0.15) is 0 Å². The zero-order valence-corrected chi connectivity index (χ0v) is 8.80. The summed E-state index contributed by atoms with van der Waals surface area (Å²) in [6.45, 7) is 5.60. The first-order valence-electron chi connectivity index (χ1n) is 4.00. The van der Waals surface area contributed by atoms with Gasteiger partial charge >= 0.3 is 11.4 Å². The summed E-state index contributed by atoms with van der Waals surface area (Å²) in [4.78, 5) is 19.5. The van der Waals surface area contributed by atoms with Gasteiger partial charge in [-0.05, 0) is 13.3 Å². The highest BCUT2D eigenvalue weighted by Gasteiger charge is 2.05. The van der Waals surface area contributed by atoms with Gasteiger partial charge in [0.1, 0.15) is 0 Å². The van der Waals surface area contributed by atoms with Gasteiger partial charge in [-0.1, -0.05) is 13.8 Å². The molecular weight excluding hydrogens is 196 g/mol. The van der Waals surface area contributed by atoms with Crippen LogP contribution in [0.1, 0.15) is 27.2 Å². The molecule has 0 spiro atoms. The predicted octanol–water partition coefficient (Wildman–Crippen LogP) is 2.50. The number of carboxylic acid groups (broad SMARTS) is 1. The van der Waals surface area contributed by atoms with E-state index < -0.39 is 11.4 Å². The van der Waals surface area contributed by atoms with Gasteiger partial charge in [0, 0.05) is 11.6 Å². The summed E-state index contributed by atoms with van der Waals surface area (Å²) in [5.74, 6) is -0.887. The van der Waals surface area contributed by atoms with Crippen LogP contribution >= 0.6 is 11.6 Å². The normalized spacial score (nSPS) is 10.8. The summed E-state index contributed by atoms with van der Waals surface area (Å²) in [5, 5.41) is 8.18. The van der Waals surface area contributed by atoms with Crippen molar-refractivity contribution in [3.05, 3.63) is 0 Å². The Morgan fingerprint density at radius 1 is 1.46 bits per heavy atom. The summed E-state index contributed by atoms with van der Waals surface area (Å²) in [6, 6.07) is 0. The molecule has 0 saturated carbocycles.